The monoisotopic (exact) mass is 410 g/mol. The van der Waals surface area contributed by atoms with Crippen LogP contribution < -0.4 is 0 Å². The minimum atomic E-state index is -0.0504. The molecule has 29 heavy (non-hydrogen) atoms. The number of nitrogens with zero attached hydrogens (tertiary/aromatic N) is 2. The van der Waals surface area contributed by atoms with Crippen molar-refractivity contribution in [1.82, 2.24) is 9.80 Å². The lowest BCUT2D eigenvalue weighted by atomic mass is 9.84. The van der Waals surface area contributed by atoms with Crippen LogP contribution in [0.5, 0.6) is 0 Å². The number of fused-ring (bicyclic) bond motifs is 1. The summed E-state index contributed by atoms with van der Waals surface area (Å²) in [5.74, 6) is 0.386. The van der Waals surface area contributed by atoms with Crippen LogP contribution in [0.25, 0.3) is 0 Å². The van der Waals surface area contributed by atoms with Gasteiger partial charge < -0.3 is 9.80 Å². The Morgan fingerprint density at radius 3 is 2.66 bits per heavy atom. The van der Waals surface area contributed by atoms with Gasteiger partial charge in [-0.1, -0.05) is 50.1 Å². The van der Waals surface area contributed by atoms with Gasteiger partial charge in [0, 0.05) is 23.9 Å². The first-order chi connectivity index (χ1) is 14.2. The van der Waals surface area contributed by atoms with E-state index in [4.69, 9.17) is 0 Å². The van der Waals surface area contributed by atoms with Crippen molar-refractivity contribution in [3.63, 3.8) is 0 Å². The molecule has 0 unspecified atom stereocenters. The van der Waals surface area contributed by atoms with E-state index in [0.29, 0.717) is 13.1 Å². The normalized spacial score (nSPS) is 18.8. The number of unbranched alkanes of at least 4 members (excludes halogenated alkanes) is 1. The van der Waals surface area contributed by atoms with Gasteiger partial charge in [-0.05, 0) is 48.3 Å². The average molecular weight is 411 g/mol. The van der Waals surface area contributed by atoms with E-state index in [2.05, 4.69) is 30.5 Å². The first-order valence-electron chi connectivity index (χ1n) is 10.9. The molecule has 0 N–H and O–H groups in total. The Balaban J connectivity index is 1.56. The maximum atomic E-state index is 13.5. The Morgan fingerprint density at radius 2 is 1.97 bits per heavy atom. The van der Waals surface area contributed by atoms with Gasteiger partial charge in [-0.25, -0.2) is 0 Å². The molecule has 1 atom stereocenters. The van der Waals surface area contributed by atoms with E-state index in [1.54, 1.807) is 11.3 Å². The van der Waals surface area contributed by atoms with Crippen molar-refractivity contribution >= 4 is 23.2 Å². The van der Waals surface area contributed by atoms with Crippen molar-refractivity contribution < 1.29 is 9.59 Å². The fraction of sp³-hybridized carbons (Fsp3) is 0.500. The topological polar surface area (TPSA) is 40.6 Å². The maximum absolute atomic E-state index is 13.5. The molecule has 0 saturated heterocycles. The molecule has 0 radical (unpaired) electrons. The van der Waals surface area contributed by atoms with Gasteiger partial charge in [-0.15, -0.1) is 11.3 Å². The lowest BCUT2D eigenvalue weighted by Gasteiger charge is -2.38. The summed E-state index contributed by atoms with van der Waals surface area (Å²) in [4.78, 5) is 31.6. The van der Waals surface area contributed by atoms with Crippen LogP contribution in [0.1, 0.15) is 61.1 Å². The Kier molecular flexibility index (Phi) is 6.34. The van der Waals surface area contributed by atoms with Gasteiger partial charge in [0.1, 0.15) is 0 Å². The smallest absolute Gasteiger partial charge is 0.242 e. The molecule has 1 aromatic heterocycles. The van der Waals surface area contributed by atoms with Crippen molar-refractivity contribution in [2.45, 2.75) is 51.5 Å². The molecule has 1 saturated carbocycles. The number of rotatable bonds is 7. The van der Waals surface area contributed by atoms with E-state index >= 15 is 0 Å². The molecule has 1 fully saturated rings. The van der Waals surface area contributed by atoms with Gasteiger partial charge in [0.15, 0.2) is 0 Å². The lowest BCUT2D eigenvalue weighted by Crippen LogP contribution is -2.48. The number of benzene rings is 1. The Bertz CT molecular complexity index is 844. The number of hydrogen-bond donors (Lipinski definition) is 0. The molecule has 1 aliphatic heterocycles. The highest BCUT2D eigenvalue weighted by molar-refractivity contribution is 7.10. The number of carbonyl (C=O) groups is 2. The van der Waals surface area contributed by atoms with E-state index in [0.717, 1.165) is 44.1 Å². The predicted octanol–water partition coefficient (Wildman–Crippen LogP) is 4.65. The van der Waals surface area contributed by atoms with Crippen molar-refractivity contribution in [1.29, 1.82) is 0 Å². The molecule has 2 aromatic rings. The van der Waals surface area contributed by atoms with Crippen LogP contribution in [0, 0.1) is 5.92 Å². The largest absolute Gasteiger partial charge is 0.333 e. The van der Waals surface area contributed by atoms with Crippen LogP contribution in [0.2, 0.25) is 0 Å². The number of carbonyl (C=O) groups excluding carboxylic acids is 2. The molecule has 4 rings (SSSR count). The molecule has 1 aliphatic carbocycles. The molecule has 4 nitrogen and oxygen atoms in total. The third-order valence-corrected chi connectivity index (χ3v) is 7.27. The van der Waals surface area contributed by atoms with Gasteiger partial charge >= 0.3 is 0 Å². The number of amides is 2. The molecular weight excluding hydrogens is 380 g/mol. The highest BCUT2D eigenvalue weighted by Crippen LogP contribution is 2.38. The molecule has 0 spiro atoms. The second-order valence-corrected chi connectivity index (χ2v) is 9.19. The zero-order valence-corrected chi connectivity index (χ0v) is 18.0. The van der Waals surface area contributed by atoms with Crippen LogP contribution in [0.15, 0.2) is 41.8 Å². The first kappa shape index (κ1) is 20.1. The van der Waals surface area contributed by atoms with Crippen LogP contribution in [0.3, 0.4) is 0 Å². The fourth-order valence-electron chi connectivity index (χ4n) is 4.36. The summed E-state index contributed by atoms with van der Waals surface area (Å²) in [5, 5.41) is 2.13. The molecule has 2 amide bonds. The van der Waals surface area contributed by atoms with E-state index in [-0.39, 0.29) is 30.3 Å². The Labute approximate surface area is 177 Å². The van der Waals surface area contributed by atoms with Crippen LogP contribution in [-0.4, -0.2) is 41.2 Å². The summed E-state index contributed by atoms with van der Waals surface area (Å²) in [6, 6.07) is 12.4. The third-order valence-electron chi connectivity index (χ3n) is 6.28. The van der Waals surface area contributed by atoms with Gasteiger partial charge in [0.25, 0.3) is 0 Å². The summed E-state index contributed by atoms with van der Waals surface area (Å²) in [7, 11) is 0. The van der Waals surface area contributed by atoms with Crippen LogP contribution in [0.4, 0.5) is 0 Å². The Morgan fingerprint density at radius 1 is 1.17 bits per heavy atom. The van der Waals surface area contributed by atoms with E-state index < -0.39 is 0 Å². The highest BCUT2D eigenvalue weighted by Gasteiger charge is 2.35. The molecule has 1 aromatic carbocycles. The Hall–Kier alpha value is -2.14. The zero-order valence-electron chi connectivity index (χ0n) is 17.2. The predicted molar refractivity (Wildman–Crippen MR) is 117 cm³/mol. The van der Waals surface area contributed by atoms with Crippen molar-refractivity contribution in [2.24, 2.45) is 5.92 Å². The summed E-state index contributed by atoms with van der Waals surface area (Å²) >= 11 is 1.78. The van der Waals surface area contributed by atoms with Gasteiger partial charge in [-0.3, -0.25) is 9.59 Å². The van der Waals surface area contributed by atoms with E-state index in [1.807, 2.05) is 28.0 Å². The molecule has 154 valence electrons. The van der Waals surface area contributed by atoms with Crippen LogP contribution in [-0.2, 0) is 16.0 Å². The van der Waals surface area contributed by atoms with Gasteiger partial charge in [0.2, 0.25) is 11.8 Å². The van der Waals surface area contributed by atoms with Crippen molar-refractivity contribution in [3.05, 3.63) is 57.8 Å². The van der Waals surface area contributed by atoms with E-state index in [1.165, 1.54) is 10.4 Å². The highest BCUT2D eigenvalue weighted by atomic mass is 32.1. The quantitative estimate of drug-likeness (QED) is 0.667. The molecule has 5 heteroatoms. The molecule has 2 heterocycles. The average Bonchev–Trinajstić information content (AvgIpc) is 3.18. The maximum Gasteiger partial charge on any atom is 0.242 e. The minimum absolute atomic E-state index is 0.0504. The summed E-state index contributed by atoms with van der Waals surface area (Å²) in [6.45, 7) is 3.73. The number of thiophene rings is 1. The van der Waals surface area contributed by atoms with Crippen molar-refractivity contribution in [3.8, 4) is 0 Å². The lowest BCUT2D eigenvalue weighted by molar-refractivity contribution is -0.145. The second kappa shape index (κ2) is 9.12. The zero-order chi connectivity index (χ0) is 20.2. The third kappa shape index (κ3) is 4.25. The van der Waals surface area contributed by atoms with E-state index in [9.17, 15) is 9.59 Å². The summed E-state index contributed by atoms with van der Waals surface area (Å²) in [5.41, 5.74) is 2.39. The van der Waals surface area contributed by atoms with Gasteiger partial charge in [-0.2, -0.15) is 0 Å². The molecule has 2 aliphatic rings. The SMILES string of the molecule is CCCCN(CC(=O)N1CCc2sccc2[C@H]1c1ccccc1)C(=O)C1CCC1. The molecular formula is C24H30N2O2S. The summed E-state index contributed by atoms with van der Waals surface area (Å²) < 4.78 is 0. The standard InChI is InChI=1S/C24H30N2O2S/c1-2-3-14-25(24(28)19-10-7-11-19)17-22(27)26-15-12-21-20(13-16-29-21)23(26)18-8-5-4-6-9-18/h4-6,8-9,13,16,19,23H,2-3,7,10-12,14-15,17H2,1H3/t23-/m1/s1. The fourth-order valence-corrected chi connectivity index (χ4v) is 5.27. The molecule has 0 bridgehead atoms. The summed E-state index contributed by atoms with van der Waals surface area (Å²) in [6.07, 6.45) is 5.96. The minimum Gasteiger partial charge on any atom is -0.333 e. The second-order valence-electron chi connectivity index (χ2n) is 8.19. The first-order valence-corrected chi connectivity index (χ1v) is 11.8. The van der Waals surface area contributed by atoms with Crippen LogP contribution >= 0.6 is 11.3 Å². The van der Waals surface area contributed by atoms with Crippen molar-refractivity contribution in [2.75, 3.05) is 19.6 Å². The van der Waals surface area contributed by atoms with Gasteiger partial charge in [0.05, 0.1) is 12.6 Å². The number of hydrogen-bond acceptors (Lipinski definition) is 3.